The molecule has 1 saturated heterocycles. The van der Waals surface area contributed by atoms with Crippen molar-refractivity contribution in [2.75, 3.05) is 18.0 Å². The zero-order chi connectivity index (χ0) is 10.8. The van der Waals surface area contributed by atoms with Gasteiger partial charge in [0.15, 0.2) is 0 Å². The van der Waals surface area contributed by atoms with Crippen LogP contribution in [0.1, 0.15) is 12.8 Å². The van der Waals surface area contributed by atoms with Gasteiger partial charge in [-0.1, -0.05) is 0 Å². The van der Waals surface area contributed by atoms with E-state index in [2.05, 4.69) is 15.2 Å². The van der Waals surface area contributed by atoms with Crippen molar-refractivity contribution in [3.05, 3.63) is 20.8 Å². The summed E-state index contributed by atoms with van der Waals surface area (Å²) in [7, 11) is 0. The molecule has 3 N–H and O–H groups in total. The molecule has 0 radical (unpaired) electrons. The number of aromatic amines is 2. The van der Waals surface area contributed by atoms with E-state index in [9.17, 15) is 14.7 Å². The Morgan fingerprint density at radius 1 is 1.47 bits per heavy atom. The molecule has 82 valence electrons. The first-order valence-corrected chi connectivity index (χ1v) is 4.79. The number of hydrogen-bond donors (Lipinski definition) is 3. The number of aromatic nitrogens is 3. The summed E-state index contributed by atoms with van der Waals surface area (Å²) in [6.07, 6.45) is 1.10. The highest BCUT2D eigenvalue weighted by molar-refractivity contribution is 5.34. The van der Waals surface area contributed by atoms with E-state index in [1.165, 1.54) is 0 Å². The lowest BCUT2D eigenvalue weighted by Crippen LogP contribution is -2.42. The summed E-state index contributed by atoms with van der Waals surface area (Å²) in [5, 5.41) is 15.3. The molecule has 7 nitrogen and oxygen atoms in total. The predicted molar refractivity (Wildman–Crippen MR) is 52.9 cm³/mol. The monoisotopic (exact) mass is 212 g/mol. The van der Waals surface area contributed by atoms with Gasteiger partial charge in [0, 0.05) is 13.1 Å². The van der Waals surface area contributed by atoms with Gasteiger partial charge >= 0.3 is 5.69 Å². The van der Waals surface area contributed by atoms with Crippen molar-refractivity contribution in [3.63, 3.8) is 0 Å². The molecule has 1 aromatic rings. The Morgan fingerprint density at radius 3 is 2.93 bits per heavy atom. The highest BCUT2D eigenvalue weighted by Gasteiger charge is 2.21. The van der Waals surface area contributed by atoms with Crippen molar-refractivity contribution < 1.29 is 5.11 Å². The minimum atomic E-state index is -0.624. The first kappa shape index (κ1) is 9.91. The molecule has 0 spiro atoms. The molecule has 15 heavy (non-hydrogen) atoms. The first-order chi connectivity index (χ1) is 7.16. The van der Waals surface area contributed by atoms with Gasteiger partial charge in [0.1, 0.15) is 0 Å². The fourth-order valence-corrected chi connectivity index (χ4v) is 1.70. The van der Waals surface area contributed by atoms with Crippen LogP contribution in [0.5, 0.6) is 0 Å². The van der Waals surface area contributed by atoms with E-state index < -0.39 is 17.4 Å². The maximum atomic E-state index is 11.4. The number of nitrogens with one attached hydrogen (secondary N) is 2. The molecule has 1 aromatic heterocycles. The smallest absolute Gasteiger partial charge is 0.342 e. The van der Waals surface area contributed by atoms with Crippen LogP contribution in [0.25, 0.3) is 0 Å². The summed E-state index contributed by atoms with van der Waals surface area (Å²) in [6, 6.07) is 0. The third kappa shape index (κ3) is 2.07. The Hall–Kier alpha value is -1.63. The van der Waals surface area contributed by atoms with E-state index >= 15 is 0 Å². The molecule has 0 aliphatic carbocycles. The number of aliphatic hydroxyl groups excluding tert-OH is 1. The van der Waals surface area contributed by atoms with Crippen molar-refractivity contribution in [2.24, 2.45) is 0 Å². The molecule has 0 bridgehead atoms. The minimum absolute atomic E-state index is 0.161. The van der Waals surface area contributed by atoms with Gasteiger partial charge in [0.25, 0.3) is 5.56 Å². The fourth-order valence-electron chi connectivity index (χ4n) is 1.70. The Labute approximate surface area is 84.8 Å². The Kier molecular flexibility index (Phi) is 2.55. The number of piperidine rings is 1. The zero-order valence-electron chi connectivity index (χ0n) is 8.06. The van der Waals surface area contributed by atoms with Gasteiger partial charge in [0.05, 0.1) is 6.10 Å². The molecule has 0 unspecified atom stereocenters. The predicted octanol–water partition coefficient (Wildman–Crippen LogP) is -1.58. The number of rotatable bonds is 1. The van der Waals surface area contributed by atoms with Crippen molar-refractivity contribution in [1.82, 2.24) is 15.2 Å². The topological polar surface area (TPSA) is 102 Å². The van der Waals surface area contributed by atoms with Crippen LogP contribution in [0.15, 0.2) is 9.59 Å². The van der Waals surface area contributed by atoms with Gasteiger partial charge in [-0.15, -0.1) is 5.10 Å². The van der Waals surface area contributed by atoms with E-state index in [0.29, 0.717) is 13.1 Å². The second-order valence-electron chi connectivity index (χ2n) is 3.57. The van der Waals surface area contributed by atoms with Gasteiger partial charge in [-0.25, -0.2) is 9.89 Å². The molecule has 0 amide bonds. The largest absolute Gasteiger partial charge is 0.391 e. The molecular weight excluding hydrogens is 200 g/mol. The summed E-state index contributed by atoms with van der Waals surface area (Å²) in [4.78, 5) is 25.9. The lowest BCUT2D eigenvalue weighted by atomic mass is 10.1. The van der Waals surface area contributed by atoms with Crippen molar-refractivity contribution >= 4 is 5.82 Å². The van der Waals surface area contributed by atoms with Crippen LogP contribution in [0, 0.1) is 0 Å². The van der Waals surface area contributed by atoms with Crippen LogP contribution in [-0.4, -0.2) is 39.5 Å². The van der Waals surface area contributed by atoms with Gasteiger partial charge in [0.2, 0.25) is 5.82 Å². The summed E-state index contributed by atoms with van der Waals surface area (Å²) in [5.74, 6) is 0.161. The average Bonchev–Trinajstić information content (AvgIpc) is 2.17. The lowest BCUT2D eigenvalue weighted by Gasteiger charge is -2.29. The second kappa shape index (κ2) is 3.85. The number of anilines is 1. The van der Waals surface area contributed by atoms with Crippen molar-refractivity contribution in [1.29, 1.82) is 0 Å². The molecule has 0 aromatic carbocycles. The van der Waals surface area contributed by atoms with Gasteiger partial charge in [-0.3, -0.25) is 9.78 Å². The molecule has 1 aliphatic rings. The van der Waals surface area contributed by atoms with E-state index in [1.807, 2.05) is 0 Å². The number of hydrogen-bond acceptors (Lipinski definition) is 5. The van der Waals surface area contributed by atoms with Crippen LogP contribution >= 0.6 is 0 Å². The third-order valence-electron chi connectivity index (χ3n) is 2.39. The number of nitrogens with zero attached hydrogens (tertiary/aromatic N) is 2. The van der Waals surface area contributed by atoms with Gasteiger partial charge < -0.3 is 10.0 Å². The van der Waals surface area contributed by atoms with E-state index in [0.717, 1.165) is 12.8 Å². The molecular formula is C8H12N4O3. The highest BCUT2D eigenvalue weighted by Crippen LogP contribution is 2.12. The lowest BCUT2D eigenvalue weighted by molar-refractivity contribution is 0.153. The minimum Gasteiger partial charge on any atom is -0.391 e. The summed E-state index contributed by atoms with van der Waals surface area (Å²) in [5.41, 5.74) is -1.14. The van der Waals surface area contributed by atoms with Crippen LogP contribution in [0.3, 0.4) is 0 Å². The van der Waals surface area contributed by atoms with Gasteiger partial charge in [-0.2, -0.15) is 0 Å². The Bertz CT molecular complexity index is 452. The quantitative estimate of drug-likeness (QED) is 0.521. The van der Waals surface area contributed by atoms with Crippen LogP contribution < -0.4 is 16.1 Å². The SMILES string of the molecule is O=c1[nH]nc(N2CCC[C@H](O)C2)c(=O)[nH]1. The molecule has 1 atom stereocenters. The summed E-state index contributed by atoms with van der Waals surface area (Å²) < 4.78 is 0. The molecule has 1 aliphatic heterocycles. The molecule has 2 rings (SSSR count). The van der Waals surface area contributed by atoms with Gasteiger partial charge in [-0.05, 0) is 12.8 Å². The highest BCUT2D eigenvalue weighted by atomic mass is 16.3. The maximum absolute atomic E-state index is 11.4. The van der Waals surface area contributed by atoms with Crippen LogP contribution in [0.2, 0.25) is 0 Å². The zero-order valence-corrected chi connectivity index (χ0v) is 8.06. The number of H-pyrrole nitrogens is 2. The molecule has 1 fully saturated rings. The fraction of sp³-hybridized carbons (Fsp3) is 0.625. The molecule has 7 heteroatoms. The second-order valence-corrected chi connectivity index (χ2v) is 3.57. The maximum Gasteiger partial charge on any atom is 0.342 e. The van der Waals surface area contributed by atoms with E-state index in [4.69, 9.17) is 0 Å². The van der Waals surface area contributed by atoms with E-state index in [-0.39, 0.29) is 5.82 Å². The Morgan fingerprint density at radius 2 is 2.27 bits per heavy atom. The molecule has 0 saturated carbocycles. The number of β-amino-alcohol motifs (C(OH)–C–C–N with tert-alkyl or cyclic N) is 1. The van der Waals surface area contributed by atoms with Crippen molar-refractivity contribution in [3.8, 4) is 0 Å². The normalized spacial score (nSPS) is 21.7. The molecule has 2 heterocycles. The Balaban J connectivity index is 2.29. The third-order valence-corrected chi connectivity index (χ3v) is 2.39. The first-order valence-electron chi connectivity index (χ1n) is 4.79. The van der Waals surface area contributed by atoms with Crippen LogP contribution in [-0.2, 0) is 0 Å². The number of aliphatic hydroxyl groups is 1. The van der Waals surface area contributed by atoms with E-state index in [1.54, 1.807) is 4.90 Å². The average molecular weight is 212 g/mol. The summed E-state index contributed by atoms with van der Waals surface area (Å²) in [6.45, 7) is 1.04. The summed E-state index contributed by atoms with van der Waals surface area (Å²) >= 11 is 0. The standard InChI is InChI=1S/C8H12N4O3/c13-5-2-1-3-12(4-5)6-7(14)9-8(15)11-10-6/h5,13H,1-4H2,(H2,9,11,14,15)/t5-/m0/s1. The van der Waals surface area contributed by atoms with Crippen LogP contribution in [0.4, 0.5) is 5.82 Å². The van der Waals surface area contributed by atoms with Crippen molar-refractivity contribution in [2.45, 2.75) is 18.9 Å².